The number of hydrogen-bond acceptors (Lipinski definition) is 13. The molecule has 4 amide bonds. The van der Waals surface area contributed by atoms with Gasteiger partial charge in [-0.2, -0.15) is 9.97 Å². The number of pyridine rings is 1. The highest BCUT2D eigenvalue weighted by molar-refractivity contribution is 6.23. The third kappa shape index (κ3) is 8.34. The van der Waals surface area contributed by atoms with Crippen LogP contribution < -0.4 is 20.3 Å². The largest absolute Gasteiger partial charge is 0.508 e. The van der Waals surface area contributed by atoms with E-state index < -0.39 is 35.5 Å². The van der Waals surface area contributed by atoms with Gasteiger partial charge in [0, 0.05) is 88.0 Å². The summed E-state index contributed by atoms with van der Waals surface area (Å²) in [6, 6.07) is 15.8. The van der Waals surface area contributed by atoms with Crippen LogP contribution in [0, 0.1) is 17.2 Å². The number of carbonyl (C=O) groups excluding carboxylic acids is 4. The number of benzene rings is 3. The Morgan fingerprint density at radius 1 is 0.864 bits per heavy atom. The minimum Gasteiger partial charge on any atom is -0.508 e. The normalized spacial score (nSPS) is 24.0. The number of phenolic OH excluding ortho intramolecular Hbond substituents is 1. The summed E-state index contributed by atoms with van der Waals surface area (Å²) < 4.78 is 23.5. The number of halogens is 1. The quantitative estimate of drug-likeness (QED) is 0.147. The van der Waals surface area contributed by atoms with Gasteiger partial charge in [0.15, 0.2) is 5.82 Å². The van der Waals surface area contributed by atoms with E-state index in [4.69, 9.17) is 14.7 Å². The summed E-state index contributed by atoms with van der Waals surface area (Å²) in [4.78, 5) is 73.2. The van der Waals surface area contributed by atoms with Crippen LogP contribution in [0.5, 0.6) is 11.8 Å². The first-order chi connectivity index (χ1) is 32.0. The van der Waals surface area contributed by atoms with Crippen LogP contribution in [-0.4, -0.2) is 129 Å². The van der Waals surface area contributed by atoms with Gasteiger partial charge in [-0.25, -0.2) is 4.39 Å². The Labute approximate surface area is 382 Å². The fraction of sp³-hybridized carbons (Fsp3) is 0.460. The molecule has 11 rings (SSSR count). The molecule has 344 valence electrons. The minimum absolute atomic E-state index is 0.0252. The molecule has 2 bridgehead atoms. The number of carbonyl (C=O) groups is 4. The van der Waals surface area contributed by atoms with Gasteiger partial charge in [-0.05, 0) is 78.6 Å². The Bertz CT molecular complexity index is 2740. The van der Waals surface area contributed by atoms with E-state index in [1.807, 2.05) is 44.2 Å². The molecule has 2 aromatic heterocycles. The number of nitrogens with one attached hydrogen (secondary N) is 2. The van der Waals surface area contributed by atoms with Crippen molar-refractivity contribution in [2.24, 2.45) is 11.3 Å². The number of piperazine rings is 2. The van der Waals surface area contributed by atoms with Gasteiger partial charge in [0.2, 0.25) is 11.8 Å². The van der Waals surface area contributed by atoms with Crippen LogP contribution >= 0.6 is 0 Å². The molecule has 3 aromatic carbocycles. The maximum atomic E-state index is 17.0. The predicted octanol–water partition coefficient (Wildman–Crippen LogP) is 5.67. The van der Waals surface area contributed by atoms with Gasteiger partial charge in [-0.3, -0.25) is 39.3 Å². The average molecular weight is 898 g/mol. The van der Waals surface area contributed by atoms with E-state index in [0.29, 0.717) is 53.5 Å². The number of aromatic hydroxyl groups is 1. The summed E-state index contributed by atoms with van der Waals surface area (Å²) in [5, 5.41) is 18.7. The average Bonchev–Trinajstić information content (AvgIpc) is 4.03. The second-order valence-corrected chi connectivity index (χ2v) is 18.9. The summed E-state index contributed by atoms with van der Waals surface area (Å²) in [7, 11) is 0. The van der Waals surface area contributed by atoms with Crippen molar-refractivity contribution in [3.05, 3.63) is 83.3 Å². The fourth-order valence-electron chi connectivity index (χ4n) is 10.8. The van der Waals surface area contributed by atoms with Crippen molar-refractivity contribution in [1.82, 2.24) is 40.3 Å². The summed E-state index contributed by atoms with van der Waals surface area (Å²) >= 11 is 0. The predicted molar refractivity (Wildman–Crippen MR) is 247 cm³/mol. The number of amides is 4. The van der Waals surface area contributed by atoms with Crippen molar-refractivity contribution >= 4 is 51.1 Å². The zero-order chi connectivity index (χ0) is 45.9. The highest BCUT2D eigenvalue weighted by Crippen LogP contribution is 2.47. The smallest absolute Gasteiger partial charge is 0.319 e. The standard InChI is InChI=1S/C48H50FN9O6.C2H6/c1-27-16-30-23-57(24-31(17-27)51-30)43-37-21-50-41(35-20-32(59)19-29-4-2-3-5-33(29)35)40(49)42(37)53-47(54-43)64-26-48(10-11-48)25-56-14-12-55(13-15-56)22-28-6-7-34-36(18-28)46(63)58(45(34)62)38-8-9-39(60)52-44(38)61;1-2/h2-7,18-21,27,30-31,38,51,59H,8-17,22-26H2,1H3,(H,52,60,61);1-2H3. The number of ether oxygens (including phenoxy) is 1. The Balaban J connectivity index is 0.00000252. The molecular weight excluding hydrogens is 842 g/mol. The number of anilines is 1. The third-order valence-corrected chi connectivity index (χ3v) is 14.2. The van der Waals surface area contributed by atoms with E-state index in [1.54, 1.807) is 30.5 Å². The lowest BCUT2D eigenvalue weighted by Gasteiger charge is -2.45. The number of imide groups is 2. The van der Waals surface area contributed by atoms with Gasteiger partial charge in [-0.1, -0.05) is 51.1 Å². The van der Waals surface area contributed by atoms with Crippen LogP contribution in [0.4, 0.5) is 10.2 Å². The molecule has 4 saturated heterocycles. The van der Waals surface area contributed by atoms with E-state index in [2.05, 4.69) is 37.2 Å². The fourth-order valence-corrected chi connectivity index (χ4v) is 10.8. The van der Waals surface area contributed by atoms with E-state index >= 15 is 4.39 Å². The Morgan fingerprint density at radius 2 is 1.59 bits per heavy atom. The molecule has 3 unspecified atom stereocenters. The van der Waals surface area contributed by atoms with Crippen molar-refractivity contribution in [2.75, 3.05) is 57.3 Å². The van der Waals surface area contributed by atoms with Gasteiger partial charge in [-0.15, -0.1) is 0 Å². The number of aromatic nitrogens is 3. The molecular formula is C50H56FN9O6. The Morgan fingerprint density at radius 3 is 2.33 bits per heavy atom. The molecule has 66 heavy (non-hydrogen) atoms. The monoisotopic (exact) mass is 897 g/mol. The molecule has 16 heteroatoms. The van der Waals surface area contributed by atoms with E-state index in [0.717, 1.165) is 92.7 Å². The van der Waals surface area contributed by atoms with Crippen molar-refractivity contribution in [2.45, 2.75) is 84.0 Å². The number of hydrogen-bond donors (Lipinski definition) is 3. The van der Waals surface area contributed by atoms with Gasteiger partial charge < -0.3 is 25.0 Å². The first-order valence-electron chi connectivity index (χ1n) is 23.5. The molecule has 0 radical (unpaired) electrons. The van der Waals surface area contributed by atoms with Crippen LogP contribution in [0.25, 0.3) is 32.9 Å². The first kappa shape index (κ1) is 43.8. The van der Waals surface area contributed by atoms with Crippen LogP contribution in [0.1, 0.15) is 85.6 Å². The second kappa shape index (κ2) is 17.6. The maximum absolute atomic E-state index is 17.0. The number of rotatable bonds is 10. The van der Waals surface area contributed by atoms with Crippen LogP contribution in [-0.2, 0) is 16.1 Å². The molecule has 5 aliphatic heterocycles. The Kier molecular flexibility index (Phi) is 11.7. The first-order valence-corrected chi connectivity index (χ1v) is 23.5. The van der Waals surface area contributed by atoms with E-state index in [1.165, 1.54) is 0 Å². The van der Waals surface area contributed by atoms with Gasteiger partial charge in [0.25, 0.3) is 11.8 Å². The number of fused-ring (bicyclic) bond motifs is 5. The SMILES string of the molecule is CC.CC1CC2CN(c3nc(OCC4(CN5CCN(Cc6ccc7c(c6)C(=O)N(C6CCC(=O)NC6=O)C7=O)CC5)CC4)nc4c(F)c(-c5cc(O)cc6ccccc56)ncc34)CC(C1)N2. The van der Waals surface area contributed by atoms with Crippen molar-refractivity contribution in [3.8, 4) is 23.0 Å². The summed E-state index contributed by atoms with van der Waals surface area (Å²) in [6.45, 7) is 12.9. The third-order valence-electron chi connectivity index (χ3n) is 14.2. The van der Waals surface area contributed by atoms with Gasteiger partial charge in [0.05, 0.1) is 23.1 Å². The summed E-state index contributed by atoms with van der Waals surface area (Å²) in [5.74, 6) is -1.34. The second-order valence-electron chi connectivity index (χ2n) is 18.9. The molecule has 5 aromatic rings. The lowest BCUT2D eigenvalue weighted by molar-refractivity contribution is -0.136. The van der Waals surface area contributed by atoms with Crippen molar-refractivity contribution in [1.29, 1.82) is 0 Å². The van der Waals surface area contributed by atoms with Crippen LogP contribution in [0.3, 0.4) is 0 Å². The molecule has 0 spiro atoms. The molecule has 3 N–H and O–H groups in total. The van der Waals surface area contributed by atoms with E-state index in [9.17, 15) is 24.3 Å². The van der Waals surface area contributed by atoms with E-state index in [-0.39, 0.29) is 46.8 Å². The van der Waals surface area contributed by atoms with Crippen LogP contribution in [0.15, 0.2) is 60.8 Å². The van der Waals surface area contributed by atoms with Crippen molar-refractivity contribution < 1.29 is 33.4 Å². The highest BCUT2D eigenvalue weighted by Gasteiger charge is 2.47. The number of phenols is 1. The van der Waals surface area contributed by atoms with Gasteiger partial charge >= 0.3 is 6.01 Å². The number of nitrogens with zero attached hydrogens (tertiary/aromatic N) is 7. The molecule has 3 atom stereocenters. The lowest BCUT2D eigenvalue weighted by Crippen LogP contribution is -2.60. The molecule has 1 aliphatic carbocycles. The zero-order valence-electron chi connectivity index (χ0n) is 37.7. The zero-order valence-corrected chi connectivity index (χ0v) is 37.7. The summed E-state index contributed by atoms with van der Waals surface area (Å²) in [5.41, 5.74) is 2.13. The number of piperidine rings is 2. The Hall–Kier alpha value is -6.10. The van der Waals surface area contributed by atoms with Crippen molar-refractivity contribution in [3.63, 3.8) is 0 Å². The molecule has 7 heterocycles. The van der Waals surface area contributed by atoms with Crippen LogP contribution in [0.2, 0.25) is 0 Å². The summed E-state index contributed by atoms with van der Waals surface area (Å²) in [6.07, 6.45) is 5.97. The van der Waals surface area contributed by atoms with Gasteiger partial charge in [0.1, 0.15) is 28.8 Å². The molecule has 6 aliphatic rings. The maximum Gasteiger partial charge on any atom is 0.319 e. The molecule has 15 nitrogen and oxygen atoms in total. The highest BCUT2D eigenvalue weighted by atomic mass is 19.1. The topological polar surface area (TPSA) is 173 Å². The molecule has 5 fully saturated rings. The minimum atomic E-state index is -0.993. The molecule has 1 saturated carbocycles. The lowest BCUT2D eigenvalue weighted by atomic mass is 9.86.